The zero-order valence-corrected chi connectivity index (χ0v) is 6.15. The lowest BCUT2D eigenvalue weighted by Crippen LogP contribution is -2.42. The lowest BCUT2D eigenvalue weighted by molar-refractivity contribution is 0.0419. The summed E-state index contributed by atoms with van der Waals surface area (Å²) in [6.45, 7) is 1.90. The van der Waals surface area contributed by atoms with Gasteiger partial charge in [0.25, 0.3) is 0 Å². The number of nitrogens with one attached hydrogen (secondary N) is 1. The van der Waals surface area contributed by atoms with E-state index in [9.17, 15) is 5.11 Å². The average Bonchev–Trinajstić information content (AvgIpc) is 2.08. The van der Waals surface area contributed by atoms with Gasteiger partial charge in [-0.2, -0.15) is 0 Å². The van der Waals surface area contributed by atoms with Gasteiger partial charge in [-0.05, 0) is 33.2 Å². The molecule has 1 aliphatic carbocycles. The van der Waals surface area contributed by atoms with Crippen LogP contribution in [0.15, 0.2) is 0 Å². The van der Waals surface area contributed by atoms with Crippen molar-refractivity contribution in [1.82, 2.24) is 5.32 Å². The minimum absolute atomic E-state index is 0.317. The van der Waals surface area contributed by atoms with E-state index in [0.717, 1.165) is 19.3 Å². The van der Waals surface area contributed by atoms with Crippen LogP contribution in [0.1, 0.15) is 26.2 Å². The van der Waals surface area contributed by atoms with Crippen LogP contribution in [-0.4, -0.2) is 23.8 Å². The Hall–Kier alpha value is -0.0800. The summed E-state index contributed by atoms with van der Waals surface area (Å²) >= 11 is 0. The maximum Gasteiger partial charge on any atom is 0.0771 e. The molecule has 1 unspecified atom stereocenters. The highest BCUT2D eigenvalue weighted by Crippen LogP contribution is 2.28. The molecule has 0 aromatic carbocycles. The molecular formula is C7H15NO. The van der Waals surface area contributed by atoms with Crippen LogP contribution in [0, 0.1) is 0 Å². The van der Waals surface area contributed by atoms with Gasteiger partial charge >= 0.3 is 0 Å². The first-order chi connectivity index (χ1) is 4.17. The van der Waals surface area contributed by atoms with Crippen molar-refractivity contribution in [2.45, 2.75) is 37.8 Å². The number of rotatable bonds is 1. The second kappa shape index (κ2) is 2.27. The van der Waals surface area contributed by atoms with Crippen LogP contribution in [0.25, 0.3) is 0 Å². The largest absolute Gasteiger partial charge is 0.389 e. The summed E-state index contributed by atoms with van der Waals surface area (Å²) in [5, 5.41) is 12.7. The lowest BCUT2D eigenvalue weighted by atomic mass is 10.0. The Morgan fingerprint density at radius 2 is 2.33 bits per heavy atom. The number of hydrogen-bond donors (Lipinski definition) is 2. The molecule has 2 nitrogen and oxygen atoms in total. The van der Waals surface area contributed by atoms with E-state index in [1.165, 1.54) is 0 Å². The Morgan fingerprint density at radius 1 is 1.67 bits per heavy atom. The van der Waals surface area contributed by atoms with Crippen molar-refractivity contribution < 1.29 is 5.11 Å². The van der Waals surface area contributed by atoms with Crippen molar-refractivity contribution in [3.8, 4) is 0 Å². The SMILES string of the molecule is CNC1CCC[C@@]1(C)O. The molecule has 2 N–H and O–H groups in total. The Bertz CT molecular complexity index is 101. The summed E-state index contributed by atoms with van der Waals surface area (Å²) < 4.78 is 0. The third kappa shape index (κ3) is 1.25. The fourth-order valence-electron chi connectivity index (χ4n) is 1.60. The van der Waals surface area contributed by atoms with E-state index in [1.807, 2.05) is 14.0 Å². The van der Waals surface area contributed by atoms with E-state index in [0.29, 0.717) is 6.04 Å². The van der Waals surface area contributed by atoms with Gasteiger partial charge in [0.2, 0.25) is 0 Å². The summed E-state index contributed by atoms with van der Waals surface area (Å²) in [5.41, 5.74) is -0.450. The monoisotopic (exact) mass is 129 g/mol. The summed E-state index contributed by atoms with van der Waals surface area (Å²) in [6, 6.07) is 0.317. The Balaban J connectivity index is 2.52. The third-order valence-corrected chi connectivity index (χ3v) is 2.27. The van der Waals surface area contributed by atoms with E-state index in [2.05, 4.69) is 5.32 Å². The van der Waals surface area contributed by atoms with E-state index >= 15 is 0 Å². The first-order valence-corrected chi connectivity index (χ1v) is 3.56. The number of aliphatic hydroxyl groups is 1. The molecule has 9 heavy (non-hydrogen) atoms. The summed E-state index contributed by atoms with van der Waals surface area (Å²) in [5.74, 6) is 0. The van der Waals surface area contributed by atoms with Crippen LogP contribution in [0.5, 0.6) is 0 Å². The average molecular weight is 129 g/mol. The van der Waals surface area contributed by atoms with Gasteiger partial charge in [0.05, 0.1) is 5.60 Å². The van der Waals surface area contributed by atoms with Crippen molar-refractivity contribution in [3.05, 3.63) is 0 Å². The molecule has 2 atom stereocenters. The van der Waals surface area contributed by atoms with Gasteiger partial charge in [0.15, 0.2) is 0 Å². The molecule has 0 aromatic rings. The standard InChI is InChI=1S/C7H15NO/c1-7(9)5-3-4-6(7)8-2/h6,8-9H,3-5H2,1-2H3/t6?,7-/m1/s1. The fourth-order valence-corrected chi connectivity index (χ4v) is 1.60. The zero-order valence-electron chi connectivity index (χ0n) is 6.15. The van der Waals surface area contributed by atoms with Crippen molar-refractivity contribution in [3.63, 3.8) is 0 Å². The minimum Gasteiger partial charge on any atom is -0.389 e. The highest BCUT2D eigenvalue weighted by atomic mass is 16.3. The third-order valence-electron chi connectivity index (χ3n) is 2.27. The van der Waals surface area contributed by atoms with Gasteiger partial charge < -0.3 is 10.4 Å². The first-order valence-electron chi connectivity index (χ1n) is 3.56. The van der Waals surface area contributed by atoms with Gasteiger partial charge in [-0.3, -0.25) is 0 Å². The molecule has 0 amide bonds. The smallest absolute Gasteiger partial charge is 0.0771 e. The predicted octanol–water partition coefficient (Wildman–Crippen LogP) is 0.509. The van der Waals surface area contributed by atoms with Crippen LogP contribution < -0.4 is 5.32 Å². The number of likely N-dealkylation sites (N-methyl/N-ethyl adjacent to an activating group) is 1. The van der Waals surface area contributed by atoms with E-state index < -0.39 is 5.60 Å². The molecule has 0 heterocycles. The zero-order chi connectivity index (χ0) is 6.91. The van der Waals surface area contributed by atoms with Crippen molar-refractivity contribution in [2.75, 3.05) is 7.05 Å². The molecule has 1 fully saturated rings. The molecule has 2 heteroatoms. The molecule has 1 aliphatic rings. The summed E-state index contributed by atoms with van der Waals surface area (Å²) in [7, 11) is 1.91. The van der Waals surface area contributed by atoms with Crippen LogP contribution >= 0.6 is 0 Å². The van der Waals surface area contributed by atoms with Crippen LogP contribution in [0.3, 0.4) is 0 Å². The maximum atomic E-state index is 9.59. The van der Waals surface area contributed by atoms with Gasteiger partial charge in [-0.1, -0.05) is 0 Å². The van der Waals surface area contributed by atoms with Crippen LogP contribution in [0.2, 0.25) is 0 Å². The molecule has 0 aliphatic heterocycles. The van der Waals surface area contributed by atoms with E-state index in [-0.39, 0.29) is 0 Å². The first kappa shape index (κ1) is 7.03. The van der Waals surface area contributed by atoms with E-state index in [1.54, 1.807) is 0 Å². The van der Waals surface area contributed by atoms with Crippen molar-refractivity contribution in [1.29, 1.82) is 0 Å². The Kier molecular flexibility index (Phi) is 1.78. The maximum absolute atomic E-state index is 9.59. The van der Waals surface area contributed by atoms with Gasteiger partial charge in [-0.15, -0.1) is 0 Å². The summed E-state index contributed by atoms with van der Waals surface area (Å²) in [6.07, 6.45) is 3.21. The predicted molar refractivity (Wildman–Crippen MR) is 37.3 cm³/mol. The Labute approximate surface area is 56.3 Å². The molecule has 0 saturated heterocycles. The second-order valence-electron chi connectivity index (χ2n) is 3.09. The van der Waals surface area contributed by atoms with Gasteiger partial charge in [0.1, 0.15) is 0 Å². The quantitative estimate of drug-likeness (QED) is 0.540. The molecule has 0 bridgehead atoms. The topological polar surface area (TPSA) is 32.3 Å². The molecular weight excluding hydrogens is 114 g/mol. The second-order valence-corrected chi connectivity index (χ2v) is 3.09. The normalized spacial score (nSPS) is 43.7. The molecule has 0 spiro atoms. The molecule has 1 rings (SSSR count). The lowest BCUT2D eigenvalue weighted by Gasteiger charge is -2.24. The Morgan fingerprint density at radius 3 is 2.56 bits per heavy atom. The van der Waals surface area contributed by atoms with Crippen molar-refractivity contribution in [2.24, 2.45) is 0 Å². The van der Waals surface area contributed by atoms with Crippen LogP contribution in [0.4, 0.5) is 0 Å². The van der Waals surface area contributed by atoms with Crippen LogP contribution in [-0.2, 0) is 0 Å². The molecule has 1 saturated carbocycles. The van der Waals surface area contributed by atoms with E-state index in [4.69, 9.17) is 0 Å². The van der Waals surface area contributed by atoms with Crippen molar-refractivity contribution >= 4 is 0 Å². The fraction of sp³-hybridized carbons (Fsp3) is 1.00. The minimum atomic E-state index is -0.450. The van der Waals surface area contributed by atoms with Gasteiger partial charge in [-0.25, -0.2) is 0 Å². The molecule has 54 valence electrons. The highest BCUT2D eigenvalue weighted by Gasteiger charge is 2.35. The number of hydrogen-bond acceptors (Lipinski definition) is 2. The van der Waals surface area contributed by atoms with Gasteiger partial charge in [0, 0.05) is 6.04 Å². The highest BCUT2D eigenvalue weighted by molar-refractivity contribution is 4.92. The molecule has 0 radical (unpaired) electrons. The molecule has 0 aromatic heterocycles. The summed E-state index contributed by atoms with van der Waals surface area (Å²) in [4.78, 5) is 0.